The summed E-state index contributed by atoms with van der Waals surface area (Å²) in [5.41, 5.74) is 0.432. The van der Waals surface area contributed by atoms with Crippen molar-refractivity contribution in [2.45, 2.75) is 233 Å². The van der Waals surface area contributed by atoms with Crippen molar-refractivity contribution in [1.29, 1.82) is 0 Å². The molecule has 11 amide bonds. The van der Waals surface area contributed by atoms with Crippen LogP contribution in [-0.2, 0) is 75.1 Å². The van der Waals surface area contributed by atoms with Crippen molar-refractivity contribution in [3.05, 3.63) is 71.8 Å². The summed E-state index contributed by atoms with van der Waals surface area (Å²) in [6.45, 7) is 23.1. The van der Waals surface area contributed by atoms with E-state index in [1.165, 1.54) is 92.6 Å². The van der Waals surface area contributed by atoms with E-state index in [0.717, 1.165) is 11.3 Å². The van der Waals surface area contributed by atoms with E-state index in [0.29, 0.717) is 43.5 Å². The summed E-state index contributed by atoms with van der Waals surface area (Å²) < 4.78 is 6.27. The molecule has 25 heteroatoms. The molecule has 4 rings (SSSR count). The zero-order valence-corrected chi connectivity index (χ0v) is 64.1. The van der Waals surface area contributed by atoms with Gasteiger partial charge in [0.2, 0.25) is 65.0 Å². The Morgan fingerprint density at radius 2 is 0.990 bits per heavy atom. The normalized spacial score (nSPS) is 25.6. The Labute approximate surface area is 600 Å². The Hall–Kier alpha value is -7.80. The fraction of sp³-hybridized carbons (Fsp3) is 0.684. The number of hydrogen-bond donors (Lipinski definition) is 4. The molecular formula is C76H121N11O14. The Balaban J connectivity index is 1.97. The summed E-state index contributed by atoms with van der Waals surface area (Å²) in [7, 11) is 10.00. The number of likely N-dealkylation sites (tertiary alicyclic amines) is 1. The lowest BCUT2D eigenvalue weighted by molar-refractivity contribution is -0.153. The van der Waals surface area contributed by atoms with Crippen molar-refractivity contribution in [1.82, 2.24) is 55.1 Å². The molecule has 101 heavy (non-hydrogen) atoms. The van der Waals surface area contributed by atoms with Gasteiger partial charge in [0, 0.05) is 94.7 Å². The average molecular weight is 1410 g/mol. The molecule has 2 aliphatic rings. The van der Waals surface area contributed by atoms with E-state index in [4.69, 9.17) is 4.74 Å². The lowest BCUT2D eigenvalue weighted by Gasteiger charge is -2.39. The van der Waals surface area contributed by atoms with Crippen LogP contribution < -0.4 is 16.0 Å². The second-order valence-corrected chi connectivity index (χ2v) is 30.4. The van der Waals surface area contributed by atoms with Crippen LogP contribution in [0.3, 0.4) is 0 Å². The minimum Gasteiger partial charge on any atom is -0.393 e. The van der Waals surface area contributed by atoms with Crippen molar-refractivity contribution in [2.75, 3.05) is 75.6 Å². The van der Waals surface area contributed by atoms with Crippen molar-refractivity contribution in [2.24, 2.45) is 29.6 Å². The summed E-state index contributed by atoms with van der Waals surface area (Å²) in [5, 5.41) is 20.1. The fourth-order valence-electron chi connectivity index (χ4n) is 13.0. The van der Waals surface area contributed by atoms with E-state index >= 15 is 24.0 Å². The molecule has 564 valence electrons. The molecule has 0 aromatic heterocycles. The quantitative estimate of drug-likeness (QED) is 0.170. The molecule has 2 fully saturated rings. The summed E-state index contributed by atoms with van der Waals surface area (Å²) >= 11 is 0. The van der Waals surface area contributed by atoms with Crippen molar-refractivity contribution in [3.8, 4) is 0 Å². The zero-order valence-electron chi connectivity index (χ0n) is 64.1. The second-order valence-electron chi connectivity index (χ2n) is 30.4. The van der Waals surface area contributed by atoms with Gasteiger partial charge in [-0.15, -0.1) is 0 Å². The monoisotopic (exact) mass is 1410 g/mol. The number of ketones is 1. The third-order valence-corrected chi connectivity index (χ3v) is 19.7. The molecule has 25 nitrogen and oxygen atoms in total. The number of ether oxygens (including phenoxy) is 1. The van der Waals surface area contributed by atoms with Gasteiger partial charge in [-0.2, -0.15) is 0 Å². The number of carbonyl (C=O) groups excluding carboxylic acids is 12. The molecule has 2 aliphatic heterocycles. The number of carbonyl (C=O) groups is 12. The first-order valence-corrected chi connectivity index (χ1v) is 36.2. The SMILES string of the molecule is CC[C@H](C)[C@H]1C(=O)C[C@@H]([C@@H](C)O)C(=O)N(C)[C@@H](C)C(=O)N(C)[C@@H](CC(C)C)C(=O)N[C@H](C(=O)N2CCCCC2)CC(=O)N(C)CCC(=O)N(C)[C@@H](CC(C)C)C(=O)N[C@@H](CC(C)C)C(=O)N(C)[C@@H](Cc2ccccc2)C(=O)N[C@@H](COC(C)(C)C)C(=O)N(C)C(Cc2ccccc2)C(=O)N1C. The Morgan fingerprint density at radius 1 is 0.525 bits per heavy atom. The van der Waals surface area contributed by atoms with E-state index in [2.05, 4.69) is 16.0 Å². The van der Waals surface area contributed by atoms with Gasteiger partial charge < -0.3 is 65.0 Å². The van der Waals surface area contributed by atoms with Crippen LogP contribution in [0.15, 0.2) is 60.7 Å². The highest BCUT2D eigenvalue weighted by Crippen LogP contribution is 2.27. The number of benzene rings is 2. The van der Waals surface area contributed by atoms with E-state index in [-0.39, 0.29) is 62.8 Å². The molecule has 0 aliphatic carbocycles. The molecule has 2 aromatic rings. The van der Waals surface area contributed by atoms with Crippen molar-refractivity contribution >= 4 is 70.8 Å². The number of likely N-dealkylation sites (N-methyl/N-ethyl adjacent to an activating group) is 6. The third kappa shape index (κ3) is 25.0. The predicted octanol–water partition coefficient (Wildman–Crippen LogP) is 5.13. The Kier molecular flexibility index (Phi) is 33.5. The number of hydrogen-bond acceptors (Lipinski definition) is 14. The molecule has 12 atom stereocenters. The molecular weight excluding hydrogens is 1290 g/mol. The van der Waals surface area contributed by atoms with E-state index in [1.807, 2.05) is 48.5 Å². The van der Waals surface area contributed by atoms with Gasteiger partial charge in [0.1, 0.15) is 48.3 Å². The number of rotatable bonds is 16. The Morgan fingerprint density at radius 3 is 1.50 bits per heavy atom. The van der Waals surface area contributed by atoms with Crippen LogP contribution in [0, 0.1) is 29.6 Å². The Bertz CT molecular complexity index is 3120. The van der Waals surface area contributed by atoms with Gasteiger partial charge in [0.25, 0.3) is 0 Å². The summed E-state index contributed by atoms with van der Waals surface area (Å²) in [4.78, 5) is 190. The average Bonchev–Trinajstić information content (AvgIpc) is 0.814. The maximum absolute atomic E-state index is 15.6. The van der Waals surface area contributed by atoms with Crippen molar-refractivity contribution in [3.63, 3.8) is 0 Å². The summed E-state index contributed by atoms with van der Waals surface area (Å²) in [6, 6.07) is 6.18. The molecule has 2 aromatic carbocycles. The number of Topliss-reactive ketones (excluding diaryl/α,β-unsaturated/α-hetero) is 1. The fourth-order valence-corrected chi connectivity index (χ4v) is 13.0. The van der Waals surface area contributed by atoms with E-state index in [9.17, 15) is 38.7 Å². The van der Waals surface area contributed by atoms with E-state index < -0.39 is 168 Å². The highest BCUT2D eigenvalue weighted by molar-refractivity contribution is 6.00. The molecule has 0 radical (unpaired) electrons. The molecule has 2 saturated heterocycles. The van der Waals surface area contributed by atoms with Gasteiger partial charge in [0.15, 0.2) is 5.78 Å². The first-order chi connectivity index (χ1) is 47.2. The molecule has 2 heterocycles. The van der Waals surface area contributed by atoms with Crippen LogP contribution in [0.2, 0.25) is 0 Å². The van der Waals surface area contributed by atoms with Crippen LogP contribution in [0.1, 0.15) is 165 Å². The molecule has 1 unspecified atom stereocenters. The number of piperidine rings is 1. The van der Waals surface area contributed by atoms with Gasteiger partial charge in [-0.25, -0.2) is 0 Å². The smallest absolute Gasteiger partial charge is 0.247 e. The van der Waals surface area contributed by atoms with Gasteiger partial charge in [-0.05, 0) is 108 Å². The standard InChI is InChI=1S/C76H121N11O14/c1-21-50(8)66-63(89)44-55(52(10)88)71(96)81(15)51(9)70(95)83(17)60(41-49(6)7)68(93)78-57(74(99)87-36-29-24-30-37-87)45-65(91)80(14)38-35-64(90)82(16)59(40-48(4)5)67(92)77-56(39-47(2)3)72(97)84(18)61(42-53-31-25-22-26-32-53)69(94)79-58(46-101-76(11,12)13)73(98)85(19)62(75(100)86(66)20)43-54-33-27-23-28-34-54/h22-23,25-28,31-34,47-52,55-62,66,88H,21,24,29-30,35-46H2,1-20H3,(H,77,92)(H,78,93)(H,79,94)/t50-,51-,52+,55-,56-,57-,58-,59-,60-,61-,62?,66-/m0/s1. The van der Waals surface area contributed by atoms with Crippen LogP contribution in [-0.4, -0.2) is 257 Å². The molecule has 4 N–H and O–H groups in total. The molecule has 0 spiro atoms. The number of aliphatic hydroxyl groups is 1. The summed E-state index contributed by atoms with van der Waals surface area (Å²) in [5.74, 6) is -10.4. The third-order valence-electron chi connectivity index (χ3n) is 19.7. The highest BCUT2D eigenvalue weighted by Gasteiger charge is 2.45. The zero-order chi connectivity index (χ0) is 76.1. The predicted molar refractivity (Wildman–Crippen MR) is 387 cm³/mol. The lowest BCUT2D eigenvalue weighted by atomic mass is 9.86. The first-order valence-electron chi connectivity index (χ1n) is 36.2. The van der Waals surface area contributed by atoms with Gasteiger partial charge >= 0.3 is 0 Å². The summed E-state index contributed by atoms with van der Waals surface area (Å²) in [6.07, 6.45) is 0.0721. The van der Waals surface area contributed by atoms with E-state index in [1.54, 1.807) is 93.3 Å². The van der Waals surface area contributed by atoms with Crippen LogP contribution >= 0.6 is 0 Å². The largest absolute Gasteiger partial charge is 0.393 e. The van der Waals surface area contributed by atoms with Crippen LogP contribution in [0.25, 0.3) is 0 Å². The van der Waals surface area contributed by atoms with Crippen molar-refractivity contribution < 1.29 is 67.4 Å². The number of amides is 11. The maximum atomic E-state index is 15.6. The number of aliphatic hydroxyl groups excluding tert-OH is 1. The van der Waals surface area contributed by atoms with Gasteiger partial charge in [-0.1, -0.05) is 122 Å². The molecule has 0 saturated carbocycles. The second kappa shape index (κ2) is 39.6. The minimum atomic E-state index is -1.49. The van der Waals surface area contributed by atoms with Crippen LogP contribution in [0.4, 0.5) is 0 Å². The minimum absolute atomic E-state index is 0.0572. The highest BCUT2D eigenvalue weighted by atomic mass is 16.5. The number of nitrogens with one attached hydrogen (secondary N) is 3. The van der Waals surface area contributed by atoms with Gasteiger partial charge in [-0.3, -0.25) is 57.5 Å². The van der Waals surface area contributed by atoms with Gasteiger partial charge in [0.05, 0.1) is 36.7 Å². The lowest BCUT2D eigenvalue weighted by Crippen LogP contribution is -2.62. The molecule has 0 bridgehead atoms. The first kappa shape index (κ1) is 85.6. The van der Waals surface area contributed by atoms with Crippen LogP contribution in [0.5, 0.6) is 0 Å². The number of nitrogens with zero attached hydrogens (tertiary/aromatic N) is 8. The maximum Gasteiger partial charge on any atom is 0.247 e. The topological polar surface area (TPSA) is 296 Å².